The van der Waals surface area contributed by atoms with Crippen molar-refractivity contribution in [2.45, 2.75) is 51.6 Å². The fourth-order valence-electron chi connectivity index (χ4n) is 5.22. The van der Waals surface area contributed by atoms with Gasteiger partial charge in [0.25, 0.3) is 0 Å². The molecule has 0 bridgehead atoms. The van der Waals surface area contributed by atoms with E-state index in [2.05, 4.69) is 29.2 Å². The lowest BCUT2D eigenvalue weighted by molar-refractivity contribution is 0.0219. The molecule has 0 spiro atoms. The molecule has 0 aromatic heterocycles. The summed E-state index contributed by atoms with van der Waals surface area (Å²) in [6.07, 6.45) is 4.26. The summed E-state index contributed by atoms with van der Waals surface area (Å²) in [5.41, 5.74) is 2.88. The molecular formula is C20H31ClN2O2S. The van der Waals surface area contributed by atoms with Crippen LogP contribution >= 0.6 is 12.4 Å². The molecule has 0 saturated carbocycles. The summed E-state index contributed by atoms with van der Waals surface area (Å²) in [6.45, 7) is 6.88. The number of fused-ring (bicyclic) bond motifs is 4. The Morgan fingerprint density at radius 1 is 1.19 bits per heavy atom. The summed E-state index contributed by atoms with van der Waals surface area (Å²) in [5, 5.41) is 0. The van der Waals surface area contributed by atoms with Crippen LogP contribution in [-0.2, 0) is 16.4 Å². The molecule has 0 N–H and O–H groups in total. The van der Waals surface area contributed by atoms with Crippen LogP contribution in [0.3, 0.4) is 0 Å². The molecule has 0 amide bonds. The number of hydrogen-bond acceptors (Lipinski definition) is 3. The molecule has 0 aliphatic carbocycles. The summed E-state index contributed by atoms with van der Waals surface area (Å²) >= 11 is 0. The highest BCUT2D eigenvalue weighted by molar-refractivity contribution is 7.89. The largest absolute Gasteiger partial charge is 0.296 e. The Kier molecular flexibility index (Phi) is 6.02. The van der Waals surface area contributed by atoms with E-state index in [4.69, 9.17) is 0 Å². The molecule has 0 unspecified atom stereocenters. The maximum absolute atomic E-state index is 13.0. The topological polar surface area (TPSA) is 40.6 Å². The maximum Gasteiger partial charge on any atom is 0.214 e. The minimum absolute atomic E-state index is 0. The second kappa shape index (κ2) is 7.78. The number of piperidine rings is 2. The number of hydrogen-bond donors (Lipinski definition) is 0. The average molecular weight is 399 g/mol. The van der Waals surface area contributed by atoms with Crippen LogP contribution in [-0.4, -0.2) is 49.1 Å². The third-order valence-corrected chi connectivity index (χ3v) is 8.48. The standard InChI is InChI=1S/C20H30N2O2S.ClH/c1-15(2)14-25(23,24)22-10-5-7-17-13-21-11-9-16-6-3-4-8-18(16)20(21)12-19(17)22;/h3-4,6,8,15,17,19-20H,5,7,9-14H2,1-2H3;1H/t17-,19+,20+;/m1./s1. The van der Waals surface area contributed by atoms with Crippen LogP contribution in [0.1, 0.15) is 50.3 Å². The van der Waals surface area contributed by atoms with E-state index in [0.29, 0.717) is 18.5 Å². The van der Waals surface area contributed by atoms with Crippen LogP contribution in [0.4, 0.5) is 0 Å². The normalized spacial score (nSPS) is 29.4. The zero-order valence-electron chi connectivity index (χ0n) is 15.8. The van der Waals surface area contributed by atoms with E-state index in [1.54, 1.807) is 0 Å². The first-order valence-electron chi connectivity index (χ1n) is 9.77. The minimum atomic E-state index is -3.15. The van der Waals surface area contributed by atoms with Crippen molar-refractivity contribution in [3.8, 4) is 0 Å². The summed E-state index contributed by atoms with van der Waals surface area (Å²) in [7, 11) is -3.15. The first kappa shape index (κ1) is 20.1. The van der Waals surface area contributed by atoms with Crippen molar-refractivity contribution in [1.29, 1.82) is 0 Å². The monoisotopic (exact) mass is 398 g/mol. The van der Waals surface area contributed by atoms with E-state index in [9.17, 15) is 8.42 Å². The molecule has 3 atom stereocenters. The first-order valence-corrected chi connectivity index (χ1v) is 11.4. The van der Waals surface area contributed by atoms with Gasteiger partial charge in [-0.25, -0.2) is 8.42 Å². The summed E-state index contributed by atoms with van der Waals surface area (Å²) in [4.78, 5) is 2.61. The van der Waals surface area contributed by atoms with Crippen LogP contribution in [0.25, 0.3) is 0 Å². The molecule has 2 fully saturated rings. The molecule has 6 heteroatoms. The highest BCUT2D eigenvalue weighted by Gasteiger charge is 2.45. The van der Waals surface area contributed by atoms with Gasteiger partial charge in [-0.15, -0.1) is 12.4 Å². The van der Waals surface area contributed by atoms with Crippen molar-refractivity contribution < 1.29 is 8.42 Å². The molecule has 3 aliphatic heterocycles. The fraction of sp³-hybridized carbons (Fsp3) is 0.700. The molecule has 3 heterocycles. The van der Waals surface area contributed by atoms with E-state index >= 15 is 0 Å². The quantitative estimate of drug-likeness (QED) is 0.782. The van der Waals surface area contributed by atoms with Crippen LogP contribution in [0.15, 0.2) is 24.3 Å². The van der Waals surface area contributed by atoms with Gasteiger partial charge < -0.3 is 0 Å². The Bertz CT molecular complexity index is 737. The molecule has 4 rings (SSSR count). The predicted molar refractivity (Wildman–Crippen MR) is 108 cm³/mol. The van der Waals surface area contributed by atoms with Crippen molar-refractivity contribution in [3.63, 3.8) is 0 Å². The number of benzene rings is 1. The van der Waals surface area contributed by atoms with Crippen LogP contribution in [0.5, 0.6) is 0 Å². The molecule has 0 radical (unpaired) electrons. The first-order chi connectivity index (χ1) is 12.0. The summed E-state index contributed by atoms with van der Waals surface area (Å²) < 4.78 is 27.8. The molecule has 1 aromatic rings. The Morgan fingerprint density at radius 3 is 2.73 bits per heavy atom. The highest BCUT2D eigenvalue weighted by Crippen LogP contribution is 2.43. The van der Waals surface area contributed by atoms with Gasteiger partial charge in [0.2, 0.25) is 10.0 Å². The second-order valence-corrected chi connectivity index (χ2v) is 10.4. The molecular weight excluding hydrogens is 368 g/mol. The van der Waals surface area contributed by atoms with Gasteiger partial charge in [-0.3, -0.25) is 4.90 Å². The van der Waals surface area contributed by atoms with Gasteiger partial charge in [0.05, 0.1) is 5.75 Å². The number of sulfonamides is 1. The van der Waals surface area contributed by atoms with Crippen molar-refractivity contribution in [1.82, 2.24) is 9.21 Å². The lowest BCUT2D eigenvalue weighted by Crippen LogP contribution is -2.57. The number of halogens is 1. The zero-order valence-corrected chi connectivity index (χ0v) is 17.4. The predicted octanol–water partition coefficient (Wildman–Crippen LogP) is 3.48. The van der Waals surface area contributed by atoms with E-state index in [1.165, 1.54) is 17.5 Å². The smallest absolute Gasteiger partial charge is 0.214 e. The average Bonchev–Trinajstić information content (AvgIpc) is 2.58. The van der Waals surface area contributed by atoms with E-state index in [0.717, 1.165) is 32.4 Å². The van der Waals surface area contributed by atoms with E-state index < -0.39 is 10.0 Å². The second-order valence-electron chi connectivity index (χ2n) is 8.45. The SMILES string of the molecule is CC(C)CS(=O)(=O)N1CCC[C@@H]2CN3CCc4ccccc4[C@@H]3C[C@@H]21.Cl. The van der Waals surface area contributed by atoms with E-state index in [1.807, 2.05) is 18.2 Å². The molecule has 26 heavy (non-hydrogen) atoms. The van der Waals surface area contributed by atoms with Gasteiger partial charge in [0, 0.05) is 31.7 Å². The Morgan fingerprint density at radius 2 is 1.96 bits per heavy atom. The Hall–Kier alpha value is -0.620. The van der Waals surface area contributed by atoms with Crippen LogP contribution < -0.4 is 0 Å². The Labute approximate surface area is 164 Å². The van der Waals surface area contributed by atoms with Crippen LogP contribution in [0.2, 0.25) is 0 Å². The zero-order chi connectivity index (χ0) is 17.6. The lowest BCUT2D eigenvalue weighted by Gasteiger charge is -2.51. The van der Waals surface area contributed by atoms with Crippen molar-refractivity contribution in [2.24, 2.45) is 11.8 Å². The molecule has 1 aromatic carbocycles. The van der Waals surface area contributed by atoms with Crippen molar-refractivity contribution in [3.05, 3.63) is 35.4 Å². The van der Waals surface area contributed by atoms with Gasteiger partial charge in [0.15, 0.2) is 0 Å². The van der Waals surface area contributed by atoms with Gasteiger partial charge >= 0.3 is 0 Å². The molecule has 4 nitrogen and oxygen atoms in total. The maximum atomic E-state index is 13.0. The van der Waals surface area contributed by atoms with Gasteiger partial charge in [-0.2, -0.15) is 4.31 Å². The summed E-state index contributed by atoms with van der Waals surface area (Å²) in [5.74, 6) is 0.958. The third kappa shape index (κ3) is 3.68. The van der Waals surface area contributed by atoms with Gasteiger partial charge in [-0.05, 0) is 48.6 Å². The minimum Gasteiger partial charge on any atom is -0.296 e. The fourth-order valence-corrected chi connectivity index (χ4v) is 7.33. The third-order valence-electron chi connectivity index (χ3n) is 6.23. The Balaban J connectivity index is 0.00000196. The number of nitrogens with zero attached hydrogens (tertiary/aromatic N) is 2. The molecule has 146 valence electrons. The molecule has 3 aliphatic rings. The van der Waals surface area contributed by atoms with Crippen molar-refractivity contribution in [2.75, 3.05) is 25.4 Å². The number of rotatable bonds is 3. The highest BCUT2D eigenvalue weighted by atomic mass is 35.5. The van der Waals surface area contributed by atoms with Crippen molar-refractivity contribution >= 4 is 22.4 Å². The lowest BCUT2D eigenvalue weighted by atomic mass is 9.77. The van der Waals surface area contributed by atoms with E-state index in [-0.39, 0.29) is 30.1 Å². The van der Waals surface area contributed by atoms with Crippen LogP contribution in [0, 0.1) is 11.8 Å². The van der Waals surface area contributed by atoms with Gasteiger partial charge in [-0.1, -0.05) is 38.1 Å². The van der Waals surface area contributed by atoms with Gasteiger partial charge in [0.1, 0.15) is 0 Å². The molecule has 2 saturated heterocycles. The summed E-state index contributed by atoms with van der Waals surface area (Å²) in [6, 6.07) is 9.32.